The van der Waals surface area contributed by atoms with Crippen LogP contribution in [-0.2, 0) is 16.6 Å². The van der Waals surface area contributed by atoms with E-state index in [0.29, 0.717) is 0 Å². The molecule has 1 amide bonds. The van der Waals surface area contributed by atoms with Crippen molar-refractivity contribution in [3.05, 3.63) is 59.0 Å². The fraction of sp³-hybridized carbons (Fsp3) is 0.391. The topological polar surface area (TPSA) is 76.3 Å². The molecule has 1 aliphatic carbocycles. The van der Waals surface area contributed by atoms with Gasteiger partial charge in [0.2, 0.25) is 6.35 Å². The Morgan fingerprint density at radius 1 is 1.33 bits per heavy atom. The zero-order chi connectivity index (χ0) is 21.3. The van der Waals surface area contributed by atoms with Crippen LogP contribution < -0.4 is 10.2 Å². The molecule has 30 heavy (non-hydrogen) atoms. The van der Waals surface area contributed by atoms with Crippen molar-refractivity contribution in [3.63, 3.8) is 0 Å². The molecule has 2 aromatic rings. The number of allylic oxidation sites excluding steroid dienone is 1. The van der Waals surface area contributed by atoms with E-state index in [1.165, 1.54) is 29.7 Å². The highest BCUT2D eigenvalue weighted by Gasteiger charge is 2.28. The number of rotatable bonds is 5. The number of methoxy groups -OCH3 is 1. The number of nitrogens with zero attached hydrogens (tertiary/aromatic N) is 2. The van der Waals surface area contributed by atoms with Gasteiger partial charge >= 0.3 is 5.91 Å². The van der Waals surface area contributed by atoms with Gasteiger partial charge in [0, 0.05) is 25.6 Å². The minimum absolute atomic E-state index is 0.121. The number of hydrogen-bond donors (Lipinski definition) is 1. The maximum absolute atomic E-state index is 12.5. The molecule has 0 saturated heterocycles. The van der Waals surface area contributed by atoms with Gasteiger partial charge in [-0.3, -0.25) is 10.2 Å². The average molecular weight is 409 g/mol. The minimum Gasteiger partial charge on any atom is -0.426 e. The number of nitrogens with one attached hydrogen (secondary N) is 1. The summed E-state index contributed by atoms with van der Waals surface area (Å²) in [5, 5.41) is 1.46. The van der Waals surface area contributed by atoms with Crippen molar-refractivity contribution in [1.29, 1.82) is 0 Å². The van der Waals surface area contributed by atoms with Crippen molar-refractivity contribution in [3.8, 4) is 11.7 Å². The minimum atomic E-state index is -0.619. The van der Waals surface area contributed by atoms with E-state index in [-0.39, 0.29) is 17.1 Å². The first-order chi connectivity index (χ1) is 14.4. The summed E-state index contributed by atoms with van der Waals surface area (Å²) in [6.07, 6.45) is 7.82. The lowest BCUT2D eigenvalue weighted by Crippen LogP contribution is -2.46. The van der Waals surface area contributed by atoms with Gasteiger partial charge < -0.3 is 13.9 Å². The fourth-order valence-corrected chi connectivity index (χ4v) is 3.99. The summed E-state index contributed by atoms with van der Waals surface area (Å²) in [4.78, 5) is 16.7. The number of hydrogen-bond acceptors (Lipinski definition) is 6. The summed E-state index contributed by atoms with van der Waals surface area (Å²) in [6.45, 7) is 6.57. The van der Waals surface area contributed by atoms with E-state index in [1.807, 2.05) is 6.92 Å². The number of benzene rings is 1. The Morgan fingerprint density at radius 2 is 2.17 bits per heavy atom. The van der Waals surface area contributed by atoms with E-state index in [0.717, 1.165) is 24.2 Å². The fourth-order valence-electron chi connectivity index (χ4n) is 3.99. The van der Waals surface area contributed by atoms with Crippen molar-refractivity contribution < 1.29 is 18.7 Å². The molecule has 1 atom stereocenters. The second-order valence-corrected chi connectivity index (χ2v) is 8.28. The quantitative estimate of drug-likeness (QED) is 0.789. The Kier molecular flexibility index (Phi) is 5.39. The van der Waals surface area contributed by atoms with Crippen molar-refractivity contribution in [2.75, 3.05) is 7.11 Å². The number of furan rings is 1. The molecule has 0 fully saturated rings. The highest BCUT2D eigenvalue weighted by molar-refractivity contribution is 5.91. The number of carbonyl (C=O) groups is 1. The van der Waals surface area contributed by atoms with Crippen LogP contribution in [-0.4, -0.2) is 30.6 Å². The third-order valence-electron chi connectivity index (χ3n) is 5.62. The lowest BCUT2D eigenvalue weighted by molar-refractivity contribution is -0.0228. The lowest BCUT2D eigenvalue weighted by atomic mass is 9.72. The predicted molar refractivity (Wildman–Crippen MR) is 114 cm³/mol. The average Bonchev–Trinajstić information content (AvgIpc) is 3.18. The van der Waals surface area contributed by atoms with Crippen LogP contribution in [0.2, 0.25) is 0 Å². The largest absolute Gasteiger partial charge is 0.426 e. The maximum Gasteiger partial charge on any atom is 0.305 e. The van der Waals surface area contributed by atoms with E-state index < -0.39 is 12.3 Å². The van der Waals surface area contributed by atoms with Crippen molar-refractivity contribution in [1.82, 2.24) is 10.4 Å². The number of ether oxygens (including phenoxy) is 2. The van der Waals surface area contributed by atoms with Crippen LogP contribution in [0.15, 0.2) is 46.0 Å². The normalized spacial score (nSPS) is 19.5. The summed E-state index contributed by atoms with van der Waals surface area (Å²) >= 11 is 0. The van der Waals surface area contributed by atoms with Crippen LogP contribution >= 0.6 is 0 Å². The summed E-state index contributed by atoms with van der Waals surface area (Å²) in [7, 11) is 1.52. The second-order valence-electron chi connectivity index (χ2n) is 8.28. The molecule has 0 bridgehead atoms. The molecule has 7 heteroatoms. The van der Waals surface area contributed by atoms with Crippen LogP contribution in [0.25, 0.3) is 0 Å². The Morgan fingerprint density at radius 3 is 2.97 bits per heavy atom. The van der Waals surface area contributed by atoms with Gasteiger partial charge in [-0.05, 0) is 66.5 Å². The van der Waals surface area contributed by atoms with Gasteiger partial charge in [-0.2, -0.15) is 0 Å². The molecular formula is C23H27N3O4. The van der Waals surface area contributed by atoms with Crippen LogP contribution in [0, 0.1) is 6.92 Å². The number of aryl methyl sites for hydroxylation is 2. The molecule has 2 aliphatic rings. The molecule has 2 heterocycles. The summed E-state index contributed by atoms with van der Waals surface area (Å²) in [5.74, 6) is 0.737. The van der Waals surface area contributed by atoms with E-state index in [4.69, 9.17) is 13.9 Å². The molecular weight excluding hydrogens is 382 g/mol. The number of hydrazine groups is 1. The zero-order valence-electron chi connectivity index (χ0n) is 17.8. The first kappa shape index (κ1) is 20.2. The van der Waals surface area contributed by atoms with Gasteiger partial charge in [0.15, 0.2) is 5.76 Å². The van der Waals surface area contributed by atoms with Crippen molar-refractivity contribution in [2.45, 2.75) is 51.8 Å². The zero-order valence-corrected chi connectivity index (χ0v) is 17.8. The second kappa shape index (κ2) is 7.99. The third kappa shape index (κ3) is 3.98. The number of amides is 1. The van der Waals surface area contributed by atoms with Crippen LogP contribution in [0.5, 0.6) is 11.7 Å². The molecule has 1 aromatic carbocycles. The summed E-state index contributed by atoms with van der Waals surface area (Å²) in [5.41, 5.74) is 6.58. The third-order valence-corrected chi connectivity index (χ3v) is 5.62. The Hall–Kier alpha value is -3.06. The van der Waals surface area contributed by atoms with E-state index in [1.54, 1.807) is 30.6 Å². The molecule has 7 nitrogen and oxygen atoms in total. The van der Waals surface area contributed by atoms with E-state index in [9.17, 15) is 4.79 Å². The highest BCUT2D eigenvalue weighted by atomic mass is 16.6. The molecule has 1 unspecified atom stereocenters. The SMILES string of the molecule is COC1N=CC=CN1NC(=O)c1ccc(Oc2cc3c(cc2C)CCCC3(C)C)o1. The Labute approximate surface area is 176 Å². The lowest BCUT2D eigenvalue weighted by Gasteiger charge is -2.33. The van der Waals surface area contributed by atoms with Gasteiger partial charge in [0.25, 0.3) is 5.95 Å². The molecule has 1 N–H and O–H groups in total. The van der Waals surface area contributed by atoms with Crippen LogP contribution in [0.4, 0.5) is 0 Å². The first-order valence-corrected chi connectivity index (χ1v) is 10.1. The van der Waals surface area contributed by atoms with E-state index in [2.05, 4.69) is 36.4 Å². The van der Waals surface area contributed by atoms with Gasteiger partial charge in [0.05, 0.1) is 0 Å². The summed E-state index contributed by atoms with van der Waals surface area (Å²) in [6, 6.07) is 7.56. The van der Waals surface area contributed by atoms with Gasteiger partial charge in [-0.15, -0.1) is 0 Å². The smallest absolute Gasteiger partial charge is 0.305 e. The van der Waals surface area contributed by atoms with Gasteiger partial charge in [-0.1, -0.05) is 19.9 Å². The summed E-state index contributed by atoms with van der Waals surface area (Å²) < 4.78 is 16.9. The monoisotopic (exact) mass is 409 g/mol. The standard InChI is InChI=1S/C23H27N3O4/c1-15-13-16-7-5-10-23(2,3)17(16)14-19(15)30-20-9-8-18(29-20)21(27)25-26-12-6-11-24-22(26)28-4/h6,8-9,11-14,22H,5,7,10H2,1-4H3,(H,25,27). The molecule has 1 aliphatic heterocycles. The molecule has 0 saturated carbocycles. The molecule has 0 radical (unpaired) electrons. The van der Waals surface area contributed by atoms with Crippen molar-refractivity contribution in [2.24, 2.45) is 4.99 Å². The van der Waals surface area contributed by atoms with Crippen LogP contribution in [0.1, 0.15) is 53.9 Å². The first-order valence-electron chi connectivity index (χ1n) is 10.1. The molecule has 0 spiro atoms. The van der Waals surface area contributed by atoms with Crippen molar-refractivity contribution >= 4 is 12.1 Å². The van der Waals surface area contributed by atoms with Gasteiger partial charge in [-0.25, -0.2) is 10.0 Å². The van der Waals surface area contributed by atoms with Gasteiger partial charge in [0.1, 0.15) is 5.75 Å². The molecule has 158 valence electrons. The molecule has 1 aromatic heterocycles. The highest BCUT2D eigenvalue weighted by Crippen LogP contribution is 2.40. The Balaban J connectivity index is 1.49. The van der Waals surface area contributed by atoms with Crippen LogP contribution in [0.3, 0.4) is 0 Å². The number of carbonyl (C=O) groups excluding carboxylic acids is 1. The maximum atomic E-state index is 12.5. The molecule has 4 rings (SSSR count). The predicted octanol–water partition coefficient (Wildman–Crippen LogP) is 4.47. The van der Waals surface area contributed by atoms with E-state index >= 15 is 0 Å². The number of fused-ring (bicyclic) bond motifs is 1. The Bertz CT molecular complexity index is 1010. The number of aliphatic imine (C=N–C) groups is 1.